The minimum atomic E-state index is -0.864. The van der Waals surface area contributed by atoms with Crippen molar-refractivity contribution in [2.24, 2.45) is 11.3 Å². The monoisotopic (exact) mass is 280 g/mol. The van der Waals surface area contributed by atoms with Crippen LogP contribution in [-0.2, 0) is 4.79 Å². The third kappa shape index (κ3) is 4.49. The summed E-state index contributed by atoms with van der Waals surface area (Å²) in [5, 5.41) is 22.1. The lowest BCUT2D eigenvalue weighted by Crippen LogP contribution is -2.42. The highest BCUT2D eigenvalue weighted by molar-refractivity contribution is 5.85. The molecule has 1 aliphatic carbocycles. The van der Waals surface area contributed by atoms with Crippen molar-refractivity contribution < 1.29 is 9.90 Å². The number of amides is 1. The van der Waals surface area contributed by atoms with Crippen LogP contribution in [0.5, 0.6) is 0 Å². The van der Waals surface area contributed by atoms with Gasteiger partial charge in [0.25, 0.3) is 0 Å². The fourth-order valence-electron chi connectivity index (χ4n) is 3.22. The number of aliphatic hydroxyl groups excluding tert-OH is 1. The maximum Gasteiger partial charge on any atom is 0.240 e. The second kappa shape index (κ2) is 8.26. The van der Waals surface area contributed by atoms with Crippen molar-refractivity contribution in [3.05, 3.63) is 0 Å². The molecular weight excluding hydrogens is 252 g/mol. The fraction of sp³-hybridized carbons (Fsp3) is 0.875. The third-order valence-corrected chi connectivity index (χ3v) is 4.31. The summed E-state index contributed by atoms with van der Waals surface area (Å²) >= 11 is 0. The molecule has 114 valence electrons. The lowest BCUT2D eigenvalue weighted by molar-refractivity contribution is -0.129. The van der Waals surface area contributed by atoms with Crippen molar-refractivity contribution in [2.45, 2.75) is 71.3 Å². The van der Waals surface area contributed by atoms with Crippen molar-refractivity contribution in [3.8, 4) is 6.07 Å². The summed E-state index contributed by atoms with van der Waals surface area (Å²) in [6.07, 6.45) is 6.41. The van der Waals surface area contributed by atoms with Crippen molar-refractivity contribution in [1.82, 2.24) is 5.32 Å². The molecule has 0 spiro atoms. The van der Waals surface area contributed by atoms with E-state index in [9.17, 15) is 15.2 Å². The van der Waals surface area contributed by atoms with Crippen LogP contribution in [0.25, 0.3) is 0 Å². The number of carbonyl (C=O) groups excluding carboxylic acids is 1. The smallest absolute Gasteiger partial charge is 0.240 e. The molecular formula is C16H28N2O2. The van der Waals surface area contributed by atoms with Gasteiger partial charge in [-0.05, 0) is 38.0 Å². The molecule has 1 rings (SSSR count). The number of nitrogens with zero attached hydrogens (tertiary/aromatic N) is 1. The molecule has 4 heteroatoms. The lowest BCUT2D eigenvalue weighted by atomic mass is 9.79. The van der Waals surface area contributed by atoms with Gasteiger partial charge in [-0.25, -0.2) is 0 Å². The maximum atomic E-state index is 12.4. The van der Waals surface area contributed by atoms with Crippen LogP contribution in [0.15, 0.2) is 0 Å². The van der Waals surface area contributed by atoms with Crippen molar-refractivity contribution >= 4 is 5.91 Å². The quantitative estimate of drug-likeness (QED) is 0.753. The summed E-state index contributed by atoms with van der Waals surface area (Å²) in [6.45, 7) is 4.60. The Labute approximate surface area is 122 Å². The lowest BCUT2D eigenvalue weighted by Gasteiger charge is -2.29. The molecule has 0 bridgehead atoms. The number of nitrogens with one attached hydrogen (secondary N) is 1. The number of rotatable bonds is 7. The molecule has 0 aromatic rings. The molecule has 1 aliphatic rings. The highest BCUT2D eigenvalue weighted by Crippen LogP contribution is 2.30. The van der Waals surface area contributed by atoms with E-state index in [1.807, 2.05) is 13.8 Å². The highest BCUT2D eigenvalue weighted by atomic mass is 16.3. The number of nitriles is 1. The summed E-state index contributed by atoms with van der Waals surface area (Å²) in [6, 6.07) is 2.25. The Hall–Kier alpha value is -1.08. The molecule has 0 heterocycles. The number of hydrogen-bond donors (Lipinski definition) is 2. The van der Waals surface area contributed by atoms with Gasteiger partial charge in [0.2, 0.25) is 5.91 Å². The minimum absolute atomic E-state index is 0.122. The summed E-state index contributed by atoms with van der Waals surface area (Å²) in [5.41, 5.74) is -0.864. The van der Waals surface area contributed by atoms with Gasteiger partial charge in [-0.15, -0.1) is 0 Å². The Balaban J connectivity index is 2.55. The summed E-state index contributed by atoms with van der Waals surface area (Å²) < 4.78 is 0. The SMILES string of the molecule is CCCC(C#N)(CCC)C(=O)NCC1CCCC(O)C1. The largest absolute Gasteiger partial charge is 0.393 e. The van der Waals surface area contributed by atoms with Gasteiger partial charge in [-0.3, -0.25) is 4.79 Å². The standard InChI is InChI=1S/C16H28N2O2/c1-3-8-16(12-17,9-4-2)15(20)18-11-13-6-5-7-14(19)10-13/h13-14,19H,3-11H2,1-2H3,(H,18,20). The molecule has 1 amide bonds. The average Bonchev–Trinajstić information content (AvgIpc) is 2.44. The van der Waals surface area contributed by atoms with E-state index in [0.29, 0.717) is 25.3 Å². The van der Waals surface area contributed by atoms with Crippen LogP contribution in [-0.4, -0.2) is 23.7 Å². The van der Waals surface area contributed by atoms with E-state index < -0.39 is 5.41 Å². The number of aliphatic hydroxyl groups is 1. The molecule has 0 aliphatic heterocycles. The van der Waals surface area contributed by atoms with E-state index in [4.69, 9.17) is 0 Å². The molecule has 4 nitrogen and oxygen atoms in total. The fourth-order valence-corrected chi connectivity index (χ4v) is 3.22. The van der Waals surface area contributed by atoms with E-state index >= 15 is 0 Å². The van der Waals surface area contributed by atoms with Gasteiger partial charge in [0.05, 0.1) is 12.2 Å². The summed E-state index contributed by atoms with van der Waals surface area (Å²) in [7, 11) is 0. The first-order valence-corrected chi connectivity index (χ1v) is 7.95. The molecule has 2 N–H and O–H groups in total. The van der Waals surface area contributed by atoms with Crippen molar-refractivity contribution in [2.75, 3.05) is 6.54 Å². The molecule has 0 aromatic heterocycles. The molecule has 1 saturated carbocycles. The second-order valence-electron chi connectivity index (χ2n) is 6.09. The average molecular weight is 280 g/mol. The zero-order valence-electron chi connectivity index (χ0n) is 12.8. The minimum Gasteiger partial charge on any atom is -0.393 e. The van der Waals surface area contributed by atoms with Crippen molar-refractivity contribution in [1.29, 1.82) is 5.26 Å². The first kappa shape index (κ1) is 17.0. The normalized spacial score (nSPS) is 23.1. The van der Waals surface area contributed by atoms with Gasteiger partial charge in [-0.2, -0.15) is 5.26 Å². The van der Waals surface area contributed by atoms with Gasteiger partial charge in [-0.1, -0.05) is 33.1 Å². The predicted molar refractivity (Wildman–Crippen MR) is 78.8 cm³/mol. The van der Waals surface area contributed by atoms with Crippen LogP contribution in [0.1, 0.15) is 65.2 Å². The van der Waals surface area contributed by atoms with Crippen LogP contribution < -0.4 is 5.32 Å². The van der Waals surface area contributed by atoms with E-state index in [1.54, 1.807) is 0 Å². The second-order valence-corrected chi connectivity index (χ2v) is 6.09. The zero-order chi connectivity index (χ0) is 15.0. The number of carbonyl (C=O) groups is 1. The summed E-state index contributed by atoms with van der Waals surface area (Å²) in [4.78, 5) is 12.4. The molecule has 2 atom stereocenters. The first-order valence-electron chi connectivity index (χ1n) is 7.95. The molecule has 2 unspecified atom stereocenters. The van der Waals surface area contributed by atoms with Gasteiger partial charge in [0.1, 0.15) is 5.41 Å². The highest BCUT2D eigenvalue weighted by Gasteiger charge is 2.37. The van der Waals surface area contributed by atoms with Gasteiger partial charge in [0, 0.05) is 6.54 Å². The van der Waals surface area contributed by atoms with Crippen LogP contribution in [0.2, 0.25) is 0 Å². The summed E-state index contributed by atoms with van der Waals surface area (Å²) in [5.74, 6) is 0.228. The third-order valence-electron chi connectivity index (χ3n) is 4.31. The molecule has 1 fully saturated rings. The Morgan fingerprint density at radius 3 is 2.50 bits per heavy atom. The Morgan fingerprint density at radius 2 is 2.00 bits per heavy atom. The molecule has 0 saturated heterocycles. The predicted octanol–water partition coefficient (Wildman–Crippen LogP) is 2.76. The van der Waals surface area contributed by atoms with Crippen LogP contribution in [0, 0.1) is 22.7 Å². The van der Waals surface area contributed by atoms with Gasteiger partial charge >= 0.3 is 0 Å². The van der Waals surface area contributed by atoms with E-state index in [1.165, 1.54) is 0 Å². The number of hydrogen-bond acceptors (Lipinski definition) is 3. The van der Waals surface area contributed by atoms with Crippen LogP contribution in [0.3, 0.4) is 0 Å². The molecule has 0 radical (unpaired) electrons. The Bertz CT molecular complexity index is 343. The maximum absolute atomic E-state index is 12.4. The molecule has 0 aromatic carbocycles. The zero-order valence-corrected chi connectivity index (χ0v) is 12.8. The topological polar surface area (TPSA) is 73.1 Å². The van der Waals surface area contributed by atoms with Gasteiger partial charge in [0.15, 0.2) is 0 Å². The van der Waals surface area contributed by atoms with Crippen molar-refractivity contribution in [3.63, 3.8) is 0 Å². The van der Waals surface area contributed by atoms with Crippen LogP contribution in [0.4, 0.5) is 0 Å². The van der Waals surface area contributed by atoms with E-state index in [0.717, 1.165) is 38.5 Å². The van der Waals surface area contributed by atoms with E-state index in [2.05, 4.69) is 11.4 Å². The Kier molecular flexibility index (Phi) is 7.01. The Morgan fingerprint density at radius 1 is 1.35 bits per heavy atom. The van der Waals surface area contributed by atoms with E-state index in [-0.39, 0.29) is 12.0 Å². The molecule has 20 heavy (non-hydrogen) atoms. The van der Waals surface area contributed by atoms with Crippen LogP contribution >= 0.6 is 0 Å². The first-order chi connectivity index (χ1) is 9.57. The van der Waals surface area contributed by atoms with Gasteiger partial charge < -0.3 is 10.4 Å².